The molecule has 0 aromatic carbocycles. The maximum atomic E-state index is 4.88. The van der Waals surface area contributed by atoms with Crippen LogP contribution in [0, 0.1) is 0 Å². The van der Waals surface area contributed by atoms with Crippen LogP contribution in [0.2, 0.25) is 0 Å². The molecule has 0 aliphatic rings. The average molecular weight is 146 g/mol. The third-order valence-electron chi connectivity index (χ3n) is 1.02. The summed E-state index contributed by atoms with van der Waals surface area (Å²) < 4.78 is 14.5. The van der Waals surface area contributed by atoms with Crippen molar-refractivity contribution in [3.8, 4) is 0 Å². The molecule has 0 saturated carbocycles. The smallest absolute Gasteiger partial charge is 0.176 e. The molecule has 0 amide bonds. The van der Waals surface area contributed by atoms with Crippen LogP contribution < -0.4 is 0 Å². The number of hydrogen-bond acceptors (Lipinski definition) is 3. The molecule has 0 bridgehead atoms. The van der Waals surface area contributed by atoms with E-state index in [-0.39, 0.29) is 6.29 Å². The highest BCUT2D eigenvalue weighted by Gasteiger charge is 1.95. The highest BCUT2D eigenvalue weighted by atomic mass is 16.7. The molecule has 0 aromatic heterocycles. The molecular weight excluding hydrogens is 132 g/mol. The summed E-state index contributed by atoms with van der Waals surface area (Å²) >= 11 is 0. The van der Waals surface area contributed by atoms with Crippen molar-refractivity contribution in [2.75, 3.05) is 27.9 Å². The third-order valence-corrected chi connectivity index (χ3v) is 1.02. The maximum Gasteiger partial charge on any atom is 0.176 e. The van der Waals surface area contributed by atoms with E-state index in [2.05, 4.69) is 0 Å². The predicted octanol–water partition coefficient (Wildman–Crippen LogP) is 0.808. The van der Waals surface area contributed by atoms with E-state index >= 15 is 0 Å². The summed E-state index contributed by atoms with van der Waals surface area (Å²) in [7, 11) is 4.82. The van der Waals surface area contributed by atoms with Crippen LogP contribution in [-0.2, 0) is 14.2 Å². The third kappa shape index (κ3) is 4.49. The quantitative estimate of drug-likeness (QED) is 0.424. The Morgan fingerprint density at radius 1 is 1.20 bits per heavy atom. The topological polar surface area (TPSA) is 27.7 Å². The summed E-state index contributed by atoms with van der Waals surface area (Å²) in [5, 5.41) is 0. The van der Waals surface area contributed by atoms with Gasteiger partial charge in [0.1, 0.15) is 0 Å². The Labute approximate surface area is 61.6 Å². The summed E-state index contributed by atoms with van der Waals surface area (Å²) in [5.74, 6) is 0. The van der Waals surface area contributed by atoms with Crippen LogP contribution in [-0.4, -0.2) is 34.2 Å². The first-order valence-corrected chi connectivity index (χ1v) is 3.06. The fourth-order valence-electron chi connectivity index (χ4n) is 0.516. The zero-order valence-electron chi connectivity index (χ0n) is 6.66. The van der Waals surface area contributed by atoms with Crippen molar-refractivity contribution in [1.82, 2.24) is 0 Å². The normalized spacial score (nSPS) is 11.6. The van der Waals surface area contributed by atoms with E-state index in [1.54, 1.807) is 27.4 Å². The second-order valence-corrected chi connectivity index (χ2v) is 1.72. The van der Waals surface area contributed by atoms with Crippen LogP contribution in [0.1, 0.15) is 0 Å². The molecule has 3 nitrogen and oxygen atoms in total. The summed E-state index contributed by atoms with van der Waals surface area (Å²) in [5.41, 5.74) is 0. The number of hydrogen-bond donors (Lipinski definition) is 0. The second-order valence-electron chi connectivity index (χ2n) is 1.72. The molecule has 0 saturated heterocycles. The van der Waals surface area contributed by atoms with Crippen LogP contribution >= 0.6 is 0 Å². The molecule has 0 atom stereocenters. The van der Waals surface area contributed by atoms with Gasteiger partial charge in [0.2, 0.25) is 0 Å². The number of ether oxygens (including phenoxy) is 3. The number of rotatable bonds is 5. The zero-order chi connectivity index (χ0) is 7.82. The molecule has 0 aliphatic carbocycles. The van der Waals surface area contributed by atoms with Gasteiger partial charge in [0.25, 0.3) is 0 Å². The Morgan fingerprint density at radius 2 is 1.80 bits per heavy atom. The van der Waals surface area contributed by atoms with Crippen molar-refractivity contribution in [2.45, 2.75) is 6.29 Å². The van der Waals surface area contributed by atoms with E-state index in [0.29, 0.717) is 6.61 Å². The minimum Gasteiger partial charge on any atom is -0.381 e. The molecule has 60 valence electrons. The molecule has 10 heavy (non-hydrogen) atoms. The van der Waals surface area contributed by atoms with E-state index in [4.69, 9.17) is 14.2 Å². The van der Waals surface area contributed by atoms with Gasteiger partial charge in [-0.2, -0.15) is 0 Å². The lowest BCUT2D eigenvalue weighted by molar-refractivity contribution is -0.0669. The number of methoxy groups -OCH3 is 3. The SMILES string of the molecule is COC/C=C\C(OC)OC. The molecule has 0 heterocycles. The highest BCUT2D eigenvalue weighted by Crippen LogP contribution is 1.91. The fourth-order valence-corrected chi connectivity index (χ4v) is 0.516. The van der Waals surface area contributed by atoms with Gasteiger partial charge < -0.3 is 14.2 Å². The van der Waals surface area contributed by atoms with Crippen molar-refractivity contribution in [2.24, 2.45) is 0 Å². The van der Waals surface area contributed by atoms with Crippen LogP contribution in [0.5, 0.6) is 0 Å². The van der Waals surface area contributed by atoms with Crippen molar-refractivity contribution in [3.63, 3.8) is 0 Å². The Bertz CT molecular complexity index is 86.9. The standard InChI is InChI=1S/C7H14O3/c1-8-6-4-5-7(9-2)10-3/h4-5,7H,6H2,1-3H3/b5-4-. The van der Waals surface area contributed by atoms with Crippen molar-refractivity contribution >= 4 is 0 Å². The van der Waals surface area contributed by atoms with E-state index < -0.39 is 0 Å². The van der Waals surface area contributed by atoms with Crippen molar-refractivity contribution < 1.29 is 14.2 Å². The minimum absolute atomic E-state index is 0.254. The average Bonchev–Trinajstić information content (AvgIpc) is 1.99. The molecule has 0 radical (unpaired) electrons. The summed E-state index contributed by atoms with van der Waals surface area (Å²) in [4.78, 5) is 0. The predicted molar refractivity (Wildman–Crippen MR) is 38.8 cm³/mol. The molecule has 0 rings (SSSR count). The first-order chi connectivity index (χ1) is 4.85. The monoisotopic (exact) mass is 146 g/mol. The van der Waals surface area contributed by atoms with Gasteiger partial charge in [-0.25, -0.2) is 0 Å². The Hall–Kier alpha value is -0.380. The van der Waals surface area contributed by atoms with E-state index in [1.165, 1.54) is 0 Å². The van der Waals surface area contributed by atoms with Crippen LogP contribution in [0.3, 0.4) is 0 Å². The molecule has 0 N–H and O–H groups in total. The van der Waals surface area contributed by atoms with Gasteiger partial charge in [-0.1, -0.05) is 6.08 Å². The molecule has 3 heteroatoms. The van der Waals surface area contributed by atoms with Gasteiger partial charge in [0, 0.05) is 21.3 Å². The van der Waals surface area contributed by atoms with Gasteiger partial charge in [0.15, 0.2) is 6.29 Å². The lowest BCUT2D eigenvalue weighted by atomic mass is 10.5. The zero-order valence-corrected chi connectivity index (χ0v) is 6.66. The Balaban J connectivity index is 3.40. The molecule has 0 aliphatic heterocycles. The van der Waals surface area contributed by atoms with Crippen molar-refractivity contribution in [3.05, 3.63) is 12.2 Å². The lowest BCUT2D eigenvalue weighted by Crippen LogP contribution is -2.08. The van der Waals surface area contributed by atoms with E-state index in [0.717, 1.165) is 0 Å². The maximum absolute atomic E-state index is 4.88. The van der Waals surface area contributed by atoms with Crippen LogP contribution in [0.25, 0.3) is 0 Å². The Kier molecular flexibility index (Phi) is 6.48. The van der Waals surface area contributed by atoms with Gasteiger partial charge in [-0.3, -0.25) is 0 Å². The van der Waals surface area contributed by atoms with E-state index in [9.17, 15) is 0 Å². The van der Waals surface area contributed by atoms with Crippen molar-refractivity contribution in [1.29, 1.82) is 0 Å². The molecular formula is C7H14O3. The lowest BCUT2D eigenvalue weighted by Gasteiger charge is -2.06. The summed E-state index contributed by atoms with van der Waals surface area (Å²) in [6.45, 7) is 0.587. The first-order valence-electron chi connectivity index (χ1n) is 3.06. The van der Waals surface area contributed by atoms with Crippen LogP contribution in [0.4, 0.5) is 0 Å². The molecule has 0 spiro atoms. The highest BCUT2D eigenvalue weighted by molar-refractivity contribution is 4.84. The van der Waals surface area contributed by atoms with E-state index in [1.807, 2.05) is 6.08 Å². The largest absolute Gasteiger partial charge is 0.381 e. The van der Waals surface area contributed by atoms with Crippen LogP contribution in [0.15, 0.2) is 12.2 Å². The van der Waals surface area contributed by atoms with Gasteiger partial charge in [-0.05, 0) is 6.08 Å². The first kappa shape index (κ1) is 9.62. The minimum atomic E-state index is -0.254. The summed E-state index contributed by atoms with van der Waals surface area (Å²) in [6.07, 6.45) is 3.39. The second kappa shape index (κ2) is 6.74. The fraction of sp³-hybridized carbons (Fsp3) is 0.714. The van der Waals surface area contributed by atoms with Gasteiger partial charge in [0.05, 0.1) is 6.61 Å². The molecule has 0 aromatic rings. The van der Waals surface area contributed by atoms with Gasteiger partial charge >= 0.3 is 0 Å². The Morgan fingerprint density at radius 3 is 2.20 bits per heavy atom. The summed E-state index contributed by atoms with van der Waals surface area (Å²) in [6, 6.07) is 0. The van der Waals surface area contributed by atoms with Gasteiger partial charge in [-0.15, -0.1) is 0 Å². The molecule has 0 unspecified atom stereocenters. The molecule has 0 fully saturated rings.